The van der Waals surface area contributed by atoms with Crippen LogP contribution in [0.25, 0.3) is 99.6 Å². The number of hydrogen-bond donors (Lipinski definition) is 0. The van der Waals surface area contributed by atoms with Gasteiger partial charge in [-0.25, -0.2) is 9.97 Å². The monoisotopic (exact) mass is 726 g/mol. The lowest BCUT2D eigenvalue weighted by Crippen LogP contribution is -2.14. The highest BCUT2D eigenvalue weighted by molar-refractivity contribution is 6.20. The third-order valence-corrected chi connectivity index (χ3v) is 12.1. The summed E-state index contributed by atoms with van der Waals surface area (Å²) in [6.07, 6.45) is 0. The zero-order valence-electron chi connectivity index (χ0n) is 31.9. The number of aromatic nitrogens is 2. The molecule has 0 amide bonds. The van der Waals surface area contributed by atoms with Gasteiger partial charge in [0.05, 0.1) is 11.4 Å². The molecule has 57 heavy (non-hydrogen) atoms. The van der Waals surface area contributed by atoms with Crippen molar-refractivity contribution in [2.24, 2.45) is 0 Å². The largest absolute Gasteiger partial charge is 0.228 e. The Kier molecular flexibility index (Phi) is 7.55. The van der Waals surface area contributed by atoms with E-state index >= 15 is 0 Å². The fourth-order valence-corrected chi connectivity index (χ4v) is 9.24. The molecule has 2 nitrogen and oxygen atoms in total. The van der Waals surface area contributed by atoms with E-state index in [0.717, 1.165) is 28.1 Å². The highest BCUT2D eigenvalue weighted by Crippen LogP contribution is 2.52. The van der Waals surface area contributed by atoms with Crippen molar-refractivity contribution in [2.75, 3.05) is 0 Å². The molecule has 0 spiro atoms. The van der Waals surface area contributed by atoms with Crippen molar-refractivity contribution in [1.82, 2.24) is 9.97 Å². The topological polar surface area (TPSA) is 25.8 Å². The summed E-state index contributed by atoms with van der Waals surface area (Å²) in [7, 11) is 0. The Morgan fingerprint density at radius 1 is 0.333 bits per heavy atom. The summed E-state index contributed by atoms with van der Waals surface area (Å²) in [5.74, 6) is 0.709. The number of hydrogen-bond acceptors (Lipinski definition) is 2. The molecule has 0 bridgehead atoms. The van der Waals surface area contributed by atoms with E-state index in [0.29, 0.717) is 5.82 Å². The molecule has 2 heteroatoms. The average molecular weight is 727 g/mol. The van der Waals surface area contributed by atoms with E-state index in [1.807, 2.05) is 18.2 Å². The van der Waals surface area contributed by atoms with Crippen molar-refractivity contribution >= 4 is 32.3 Å². The average Bonchev–Trinajstić information content (AvgIpc) is 3.51. The molecule has 0 saturated heterocycles. The molecule has 1 heterocycles. The van der Waals surface area contributed by atoms with Crippen LogP contribution in [0.1, 0.15) is 25.0 Å². The molecule has 0 fully saturated rings. The molecular weight excluding hydrogens is 689 g/mol. The Balaban J connectivity index is 1.04. The van der Waals surface area contributed by atoms with E-state index in [2.05, 4.69) is 190 Å². The number of rotatable bonds is 5. The first-order chi connectivity index (χ1) is 28.0. The fourth-order valence-electron chi connectivity index (χ4n) is 9.24. The van der Waals surface area contributed by atoms with Gasteiger partial charge in [-0.15, -0.1) is 0 Å². The quantitative estimate of drug-likeness (QED) is 0.130. The van der Waals surface area contributed by atoms with Gasteiger partial charge in [0.25, 0.3) is 0 Å². The molecule has 1 aliphatic rings. The summed E-state index contributed by atoms with van der Waals surface area (Å²) in [5.41, 5.74) is 15.1. The first-order valence-corrected chi connectivity index (χ1v) is 19.7. The fraction of sp³-hybridized carbons (Fsp3) is 0.0545. The van der Waals surface area contributed by atoms with Crippen molar-refractivity contribution in [3.05, 3.63) is 205 Å². The molecule has 0 atom stereocenters. The minimum Gasteiger partial charge on any atom is -0.228 e. The van der Waals surface area contributed by atoms with Crippen LogP contribution in [0.2, 0.25) is 0 Å². The Bertz CT molecular complexity index is 3190. The second-order valence-corrected chi connectivity index (χ2v) is 15.7. The molecule has 0 unspecified atom stereocenters. The van der Waals surface area contributed by atoms with Crippen LogP contribution in [0.15, 0.2) is 194 Å². The SMILES string of the molecule is CC1(C)c2ccccc2-c2c(-c3cccc(-c4cc(-c5ccc(-c6c7ccccc7cc7c6ccc6ccccc67)cc5)nc(-c5ccccc5)n4)c3)cccc21. The van der Waals surface area contributed by atoms with Crippen molar-refractivity contribution in [3.8, 4) is 67.3 Å². The summed E-state index contributed by atoms with van der Waals surface area (Å²) >= 11 is 0. The van der Waals surface area contributed by atoms with Crippen LogP contribution >= 0.6 is 0 Å². The molecule has 0 saturated carbocycles. The van der Waals surface area contributed by atoms with Crippen molar-refractivity contribution in [3.63, 3.8) is 0 Å². The Labute approximate surface area is 332 Å². The predicted molar refractivity (Wildman–Crippen MR) is 239 cm³/mol. The van der Waals surface area contributed by atoms with E-state index in [1.165, 1.54) is 76.8 Å². The van der Waals surface area contributed by atoms with E-state index in [4.69, 9.17) is 9.97 Å². The van der Waals surface area contributed by atoms with Gasteiger partial charge < -0.3 is 0 Å². The molecule has 10 aromatic rings. The minimum absolute atomic E-state index is 0.0592. The first kappa shape index (κ1) is 33.2. The standard InChI is InChI=1S/C55H38N2/c1-55(2)48-24-11-10-22-46(48)53-44(23-13-25-49(53)55)39-18-12-19-41(32-39)51-34-50(56-54(57-51)38-15-4-3-5-16-38)36-26-28-37(29-27-36)52-43-21-9-7-17-40(43)33-47-42-20-8-6-14-35(42)30-31-45(47)52/h3-34H,1-2H3. The zero-order valence-corrected chi connectivity index (χ0v) is 31.9. The second-order valence-electron chi connectivity index (χ2n) is 15.7. The Morgan fingerprint density at radius 2 is 0.947 bits per heavy atom. The molecule has 0 aliphatic heterocycles. The highest BCUT2D eigenvalue weighted by Gasteiger charge is 2.36. The van der Waals surface area contributed by atoms with E-state index < -0.39 is 0 Å². The molecule has 11 rings (SSSR count). The van der Waals surface area contributed by atoms with Gasteiger partial charge in [0.15, 0.2) is 5.82 Å². The maximum atomic E-state index is 5.21. The third-order valence-electron chi connectivity index (χ3n) is 12.1. The van der Waals surface area contributed by atoms with Gasteiger partial charge in [-0.2, -0.15) is 0 Å². The van der Waals surface area contributed by atoms with Crippen molar-refractivity contribution < 1.29 is 0 Å². The zero-order chi connectivity index (χ0) is 38.1. The lowest BCUT2D eigenvalue weighted by Gasteiger charge is -2.21. The third kappa shape index (κ3) is 5.40. The number of nitrogens with zero attached hydrogens (tertiary/aromatic N) is 2. The van der Waals surface area contributed by atoms with Gasteiger partial charge in [-0.1, -0.05) is 190 Å². The number of benzene rings is 9. The smallest absolute Gasteiger partial charge is 0.160 e. The van der Waals surface area contributed by atoms with Crippen LogP contribution in [0.3, 0.4) is 0 Å². The predicted octanol–water partition coefficient (Wildman–Crippen LogP) is 14.6. The summed E-state index contributed by atoms with van der Waals surface area (Å²) in [4.78, 5) is 10.4. The highest BCUT2D eigenvalue weighted by atomic mass is 14.9. The summed E-state index contributed by atoms with van der Waals surface area (Å²) < 4.78 is 0. The van der Waals surface area contributed by atoms with Crippen LogP contribution in [0.5, 0.6) is 0 Å². The van der Waals surface area contributed by atoms with Crippen molar-refractivity contribution in [1.29, 1.82) is 0 Å². The normalized spacial score (nSPS) is 12.9. The van der Waals surface area contributed by atoms with Gasteiger partial charge in [0.1, 0.15) is 0 Å². The first-order valence-electron chi connectivity index (χ1n) is 19.7. The van der Waals surface area contributed by atoms with E-state index in [9.17, 15) is 0 Å². The molecule has 0 N–H and O–H groups in total. The van der Waals surface area contributed by atoms with Gasteiger partial charge in [-0.05, 0) is 95.0 Å². The van der Waals surface area contributed by atoms with Crippen LogP contribution in [-0.2, 0) is 5.41 Å². The molecule has 0 radical (unpaired) electrons. The van der Waals surface area contributed by atoms with Crippen LogP contribution in [0.4, 0.5) is 0 Å². The van der Waals surface area contributed by atoms with E-state index in [-0.39, 0.29) is 5.41 Å². The molecule has 1 aromatic heterocycles. The molecular formula is C55H38N2. The Hall–Kier alpha value is -7.16. The van der Waals surface area contributed by atoms with Crippen LogP contribution in [0, 0.1) is 0 Å². The summed E-state index contributed by atoms with van der Waals surface area (Å²) in [6, 6.07) is 70.2. The lowest BCUT2D eigenvalue weighted by molar-refractivity contribution is 0.660. The van der Waals surface area contributed by atoms with Gasteiger partial charge >= 0.3 is 0 Å². The van der Waals surface area contributed by atoms with E-state index in [1.54, 1.807) is 0 Å². The van der Waals surface area contributed by atoms with Gasteiger partial charge in [0, 0.05) is 22.1 Å². The maximum Gasteiger partial charge on any atom is 0.160 e. The van der Waals surface area contributed by atoms with Crippen LogP contribution in [-0.4, -0.2) is 9.97 Å². The van der Waals surface area contributed by atoms with Crippen LogP contribution < -0.4 is 0 Å². The lowest BCUT2D eigenvalue weighted by atomic mass is 9.82. The summed E-state index contributed by atoms with van der Waals surface area (Å²) in [5, 5.41) is 7.54. The number of fused-ring (bicyclic) bond motifs is 7. The second kappa shape index (κ2) is 13.0. The minimum atomic E-state index is -0.0592. The Morgan fingerprint density at radius 3 is 1.79 bits per heavy atom. The molecule has 268 valence electrons. The van der Waals surface area contributed by atoms with Crippen molar-refractivity contribution in [2.45, 2.75) is 19.3 Å². The maximum absolute atomic E-state index is 5.21. The molecule has 1 aliphatic carbocycles. The molecule has 9 aromatic carbocycles. The van der Waals surface area contributed by atoms with Gasteiger partial charge in [0.2, 0.25) is 0 Å². The summed E-state index contributed by atoms with van der Waals surface area (Å²) in [6.45, 7) is 4.67. The van der Waals surface area contributed by atoms with Gasteiger partial charge in [-0.3, -0.25) is 0 Å².